The highest BCUT2D eigenvalue weighted by Gasteiger charge is 2.06. The highest BCUT2D eigenvalue weighted by Crippen LogP contribution is 2.13. The molecule has 1 heterocycles. The highest BCUT2D eigenvalue weighted by molar-refractivity contribution is 4.88. The molecule has 0 fully saturated rings. The van der Waals surface area contributed by atoms with Gasteiger partial charge in [-0.1, -0.05) is 90.4 Å². The third-order valence-electron chi connectivity index (χ3n) is 4.74. The molecule has 0 saturated heterocycles. The van der Waals surface area contributed by atoms with Crippen molar-refractivity contribution >= 4 is 0 Å². The minimum absolute atomic E-state index is 0. The van der Waals surface area contributed by atoms with Crippen molar-refractivity contribution in [1.82, 2.24) is 16.0 Å². The van der Waals surface area contributed by atoms with Crippen molar-refractivity contribution in [1.29, 1.82) is 0 Å². The summed E-state index contributed by atoms with van der Waals surface area (Å²) in [5.74, 6) is 0. The second-order valence-corrected chi connectivity index (χ2v) is 7.11. The first-order valence-electron chi connectivity index (χ1n) is 9.95. The summed E-state index contributed by atoms with van der Waals surface area (Å²) in [6, 6.07) is 0. The van der Waals surface area contributed by atoms with E-state index in [9.17, 15) is 0 Å². The molecule has 4 heteroatoms. The molecule has 0 aromatic rings. The first-order chi connectivity index (χ1) is 10.8. The fourth-order valence-corrected chi connectivity index (χ4v) is 3.24. The van der Waals surface area contributed by atoms with Crippen LogP contribution in [-0.4, -0.2) is 35.5 Å². The van der Waals surface area contributed by atoms with E-state index in [0.29, 0.717) is 0 Å². The van der Waals surface area contributed by atoms with Gasteiger partial charge in [0.15, 0.2) is 0 Å². The van der Waals surface area contributed by atoms with Gasteiger partial charge in [0.25, 0.3) is 0 Å². The molecule has 24 heavy (non-hydrogen) atoms. The molecule has 0 aliphatic carbocycles. The van der Waals surface area contributed by atoms with Gasteiger partial charge < -0.3 is 21.4 Å². The number of hydrogen-bond donors (Lipinski definition) is 1. The molecule has 5 N–H and O–H groups in total. The van der Waals surface area contributed by atoms with Gasteiger partial charge in [0.05, 0.1) is 6.67 Å². The smallest absolute Gasteiger partial charge is 0.0890 e. The van der Waals surface area contributed by atoms with Gasteiger partial charge in [0.2, 0.25) is 0 Å². The topological polar surface area (TPSA) is 73.0 Å². The fourth-order valence-electron chi connectivity index (χ4n) is 3.24. The Hall–Kier alpha value is -0.740. The molecule has 1 aliphatic rings. The monoisotopic (exact) mass is 343 g/mol. The van der Waals surface area contributed by atoms with E-state index in [4.69, 9.17) is 0 Å². The van der Waals surface area contributed by atoms with Crippen molar-refractivity contribution in [2.24, 2.45) is 0 Å². The Morgan fingerprint density at radius 2 is 1.08 bits per heavy atom. The van der Waals surface area contributed by atoms with Gasteiger partial charge in [0.1, 0.15) is 0 Å². The minimum atomic E-state index is 0. The number of unbranched alkanes of at least 4 members (excludes halogenated alkanes) is 13. The molecule has 0 aromatic carbocycles. The lowest BCUT2D eigenvalue weighted by Gasteiger charge is -2.17. The fraction of sp³-hybridized carbons (Fsp3) is 0.900. The van der Waals surface area contributed by atoms with Crippen LogP contribution < -0.4 is 6.15 Å². The standard InChI is InChI=1S/C20H40N2.H3N.H2O/c1-3-4-5-6-7-8-9-10-11-12-13-14-15-16-17-22-19-18-21(2)20-22;;/h18-19H,3-17,20H2,1-2H3;1H3;1H2. The van der Waals surface area contributed by atoms with Crippen LogP contribution in [0.25, 0.3) is 0 Å². The summed E-state index contributed by atoms with van der Waals surface area (Å²) in [6.45, 7) is 4.61. The van der Waals surface area contributed by atoms with E-state index in [1.807, 2.05) is 0 Å². The average molecular weight is 344 g/mol. The van der Waals surface area contributed by atoms with Gasteiger partial charge >= 0.3 is 0 Å². The number of nitrogens with zero attached hydrogens (tertiary/aromatic N) is 2. The number of rotatable bonds is 15. The molecule has 0 unspecified atom stereocenters. The molecule has 0 radical (unpaired) electrons. The predicted molar refractivity (Wildman–Crippen MR) is 107 cm³/mol. The van der Waals surface area contributed by atoms with E-state index in [0.717, 1.165) is 6.67 Å². The van der Waals surface area contributed by atoms with Gasteiger partial charge in [0, 0.05) is 26.0 Å². The summed E-state index contributed by atoms with van der Waals surface area (Å²) in [5.41, 5.74) is 0. The Kier molecular flexibility index (Phi) is 19.8. The van der Waals surface area contributed by atoms with Gasteiger partial charge in [-0.25, -0.2) is 0 Å². The Balaban J connectivity index is 0. The van der Waals surface area contributed by atoms with Crippen LogP contribution in [0.3, 0.4) is 0 Å². The van der Waals surface area contributed by atoms with Gasteiger partial charge in [-0.3, -0.25) is 0 Å². The zero-order valence-corrected chi connectivity index (χ0v) is 16.6. The number of hydrogen-bond acceptors (Lipinski definition) is 3. The molecule has 0 bridgehead atoms. The SMILES string of the molecule is CCCCCCCCCCCCCCCCN1C=CN(C)C1.N.O. The van der Waals surface area contributed by atoms with E-state index in [-0.39, 0.29) is 11.6 Å². The Labute approximate surface area is 151 Å². The molecule has 1 aliphatic heterocycles. The molecule has 4 nitrogen and oxygen atoms in total. The van der Waals surface area contributed by atoms with Crippen molar-refractivity contribution in [2.75, 3.05) is 20.3 Å². The Morgan fingerprint density at radius 1 is 0.667 bits per heavy atom. The van der Waals surface area contributed by atoms with Crippen molar-refractivity contribution in [3.63, 3.8) is 0 Å². The molecular weight excluding hydrogens is 298 g/mol. The Bertz CT molecular complexity index is 272. The zero-order valence-electron chi connectivity index (χ0n) is 16.6. The first-order valence-corrected chi connectivity index (χ1v) is 9.95. The second-order valence-electron chi connectivity index (χ2n) is 7.11. The maximum absolute atomic E-state index is 2.42. The van der Waals surface area contributed by atoms with Crippen LogP contribution >= 0.6 is 0 Å². The summed E-state index contributed by atoms with van der Waals surface area (Å²) in [5, 5.41) is 0. The van der Waals surface area contributed by atoms with Crippen LogP contribution in [0.4, 0.5) is 0 Å². The van der Waals surface area contributed by atoms with E-state index in [2.05, 4.69) is 36.2 Å². The van der Waals surface area contributed by atoms with E-state index in [1.165, 1.54) is 96.4 Å². The molecule has 0 amide bonds. The molecule has 0 saturated carbocycles. The molecule has 1 rings (SSSR count). The average Bonchev–Trinajstić information content (AvgIpc) is 2.93. The van der Waals surface area contributed by atoms with Crippen LogP contribution in [0, 0.1) is 0 Å². The Morgan fingerprint density at radius 3 is 1.46 bits per heavy atom. The van der Waals surface area contributed by atoms with Gasteiger partial charge in [-0.15, -0.1) is 0 Å². The van der Waals surface area contributed by atoms with E-state index < -0.39 is 0 Å². The maximum atomic E-state index is 2.42. The van der Waals surface area contributed by atoms with E-state index >= 15 is 0 Å². The van der Waals surface area contributed by atoms with Crippen LogP contribution in [0.15, 0.2) is 12.4 Å². The lowest BCUT2D eigenvalue weighted by molar-refractivity contribution is 0.290. The zero-order chi connectivity index (χ0) is 15.9. The quantitative estimate of drug-likeness (QED) is 0.400. The third kappa shape index (κ3) is 14.8. The summed E-state index contributed by atoms with van der Waals surface area (Å²) < 4.78 is 0. The minimum Gasteiger partial charge on any atom is -0.412 e. The molecule has 0 spiro atoms. The van der Waals surface area contributed by atoms with Gasteiger partial charge in [-0.2, -0.15) is 0 Å². The van der Waals surface area contributed by atoms with Gasteiger partial charge in [-0.05, 0) is 6.42 Å². The highest BCUT2D eigenvalue weighted by atomic mass is 16.0. The third-order valence-corrected chi connectivity index (χ3v) is 4.74. The molecule has 146 valence electrons. The van der Waals surface area contributed by atoms with Crippen LogP contribution in [-0.2, 0) is 0 Å². The first kappa shape index (κ1) is 25.5. The summed E-state index contributed by atoms with van der Waals surface area (Å²) in [6.07, 6.45) is 24.6. The van der Waals surface area contributed by atoms with Crippen molar-refractivity contribution in [2.45, 2.75) is 96.8 Å². The molecule has 0 aromatic heterocycles. The lowest BCUT2D eigenvalue weighted by Crippen LogP contribution is -2.23. The van der Waals surface area contributed by atoms with Crippen LogP contribution in [0.5, 0.6) is 0 Å². The normalized spacial score (nSPS) is 13.1. The second kappa shape index (κ2) is 18.6. The molecule has 0 atom stereocenters. The van der Waals surface area contributed by atoms with Crippen LogP contribution in [0.2, 0.25) is 0 Å². The molecular formula is C20H45N3O. The summed E-state index contributed by atoms with van der Waals surface area (Å²) >= 11 is 0. The maximum Gasteiger partial charge on any atom is 0.0890 e. The predicted octanol–water partition coefficient (Wildman–Crippen LogP) is 5.48. The summed E-state index contributed by atoms with van der Waals surface area (Å²) in [7, 11) is 2.14. The van der Waals surface area contributed by atoms with Crippen molar-refractivity contribution in [3.05, 3.63) is 12.4 Å². The van der Waals surface area contributed by atoms with E-state index in [1.54, 1.807) is 0 Å². The lowest BCUT2D eigenvalue weighted by atomic mass is 10.0. The summed E-state index contributed by atoms with van der Waals surface area (Å²) in [4.78, 5) is 4.66. The van der Waals surface area contributed by atoms with Crippen LogP contribution in [0.1, 0.15) is 96.8 Å². The van der Waals surface area contributed by atoms with Crippen molar-refractivity contribution < 1.29 is 5.48 Å². The van der Waals surface area contributed by atoms with Crippen molar-refractivity contribution in [3.8, 4) is 0 Å². The largest absolute Gasteiger partial charge is 0.412 e.